The Morgan fingerprint density at radius 1 is 1.15 bits per heavy atom. The molecule has 2 aromatic rings. The molecule has 0 aliphatic heterocycles. The number of ether oxygens (including phenoxy) is 1. The van der Waals surface area contributed by atoms with Gasteiger partial charge in [-0.1, -0.05) is 40.2 Å². The number of rotatable bonds is 4. The van der Waals surface area contributed by atoms with Gasteiger partial charge in [-0.25, -0.2) is 0 Å². The lowest BCUT2D eigenvalue weighted by atomic mass is 10.1. The van der Waals surface area contributed by atoms with Crippen molar-refractivity contribution < 1.29 is 4.74 Å². The van der Waals surface area contributed by atoms with E-state index >= 15 is 0 Å². The van der Waals surface area contributed by atoms with Crippen molar-refractivity contribution >= 4 is 28.3 Å². The molecule has 1 aliphatic carbocycles. The summed E-state index contributed by atoms with van der Waals surface area (Å²) >= 11 is 3.46. The van der Waals surface area contributed by atoms with E-state index in [4.69, 9.17) is 10.5 Å². The summed E-state index contributed by atoms with van der Waals surface area (Å²) in [6.45, 7) is 0.585. The Morgan fingerprint density at radius 3 is 2.45 bits per heavy atom. The van der Waals surface area contributed by atoms with Crippen molar-refractivity contribution in [3.63, 3.8) is 0 Å². The van der Waals surface area contributed by atoms with Gasteiger partial charge in [-0.05, 0) is 41.8 Å². The number of nitrogens with two attached hydrogens (primary N) is 1. The molecule has 1 fully saturated rings. The summed E-state index contributed by atoms with van der Waals surface area (Å²) in [6.07, 6.45) is 1.11. The summed E-state index contributed by atoms with van der Waals surface area (Å²) in [4.78, 5) is 0. The summed E-state index contributed by atoms with van der Waals surface area (Å²) in [7, 11) is 0. The van der Waals surface area contributed by atoms with E-state index < -0.39 is 0 Å². The molecule has 1 saturated carbocycles. The maximum atomic E-state index is 5.85. The van der Waals surface area contributed by atoms with Crippen molar-refractivity contribution in [3.8, 4) is 5.75 Å². The molecule has 3 rings (SSSR count). The molecule has 20 heavy (non-hydrogen) atoms. The topological polar surface area (TPSA) is 35.2 Å². The van der Waals surface area contributed by atoms with Gasteiger partial charge in [0.05, 0.1) is 0 Å². The number of hydrogen-bond acceptors (Lipinski definition) is 2. The summed E-state index contributed by atoms with van der Waals surface area (Å²) in [5.41, 5.74) is 8.33. The van der Waals surface area contributed by atoms with Crippen molar-refractivity contribution in [3.05, 3.63) is 64.1 Å². The zero-order valence-corrected chi connectivity index (χ0v) is 13.4. The minimum Gasteiger partial charge on any atom is -0.489 e. The van der Waals surface area contributed by atoms with Crippen molar-refractivity contribution in [1.82, 2.24) is 0 Å². The molecule has 4 heteroatoms. The Hall–Kier alpha value is -1.03. The van der Waals surface area contributed by atoms with Gasteiger partial charge >= 0.3 is 0 Å². The molecule has 1 aliphatic rings. The van der Waals surface area contributed by atoms with Gasteiger partial charge in [0.1, 0.15) is 12.4 Å². The first-order chi connectivity index (χ1) is 9.22. The molecular weight excluding hydrogens is 338 g/mol. The first-order valence-corrected chi connectivity index (χ1v) is 7.24. The van der Waals surface area contributed by atoms with E-state index in [0.717, 1.165) is 22.2 Å². The van der Waals surface area contributed by atoms with E-state index in [-0.39, 0.29) is 12.4 Å². The minimum atomic E-state index is 0. The summed E-state index contributed by atoms with van der Waals surface area (Å²) < 4.78 is 6.85. The van der Waals surface area contributed by atoms with Crippen LogP contribution in [0.25, 0.3) is 0 Å². The highest BCUT2D eigenvalue weighted by Gasteiger charge is 2.34. The second kappa shape index (κ2) is 6.61. The first kappa shape index (κ1) is 15.4. The van der Waals surface area contributed by atoms with Gasteiger partial charge in [0.15, 0.2) is 0 Å². The van der Waals surface area contributed by atoms with Gasteiger partial charge in [-0.15, -0.1) is 12.4 Å². The molecule has 0 amide bonds. The van der Waals surface area contributed by atoms with Gasteiger partial charge in [-0.2, -0.15) is 0 Å². The fraction of sp³-hybridized carbons (Fsp3) is 0.250. The molecule has 2 aromatic carbocycles. The highest BCUT2D eigenvalue weighted by atomic mass is 79.9. The van der Waals surface area contributed by atoms with Crippen LogP contribution in [0, 0.1) is 0 Å². The highest BCUT2D eigenvalue weighted by molar-refractivity contribution is 9.10. The van der Waals surface area contributed by atoms with Crippen LogP contribution in [0.4, 0.5) is 0 Å². The lowest BCUT2D eigenvalue weighted by molar-refractivity contribution is 0.306. The van der Waals surface area contributed by atoms with Crippen molar-refractivity contribution in [2.75, 3.05) is 0 Å². The van der Waals surface area contributed by atoms with E-state index in [0.29, 0.717) is 18.6 Å². The summed E-state index contributed by atoms with van der Waals surface area (Å²) in [5.74, 6) is 1.46. The smallest absolute Gasteiger partial charge is 0.119 e. The van der Waals surface area contributed by atoms with Crippen LogP contribution in [-0.2, 0) is 6.61 Å². The van der Waals surface area contributed by atoms with Crippen LogP contribution >= 0.6 is 28.3 Å². The van der Waals surface area contributed by atoms with E-state index in [1.165, 1.54) is 5.56 Å². The number of halogens is 2. The Morgan fingerprint density at radius 2 is 1.85 bits per heavy atom. The number of benzene rings is 2. The monoisotopic (exact) mass is 353 g/mol. The first-order valence-electron chi connectivity index (χ1n) is 6.45. The van der Waals surface area contributed by atoms with Crippen LogP contribution in [-0.4, -0.2) is 6.04 Å². The van der Waals surface area contributed by atoms with Crippen molar-refractivity contribution in [2.24, 2.45) is 5.73 Å². The quantitative estimate of drug-likeness (QED) is 0.890. The molecule has 2 nitrogen and oxygen atoms in total. The van der Waals surface area contributed by atoms with Crippen molar-refractivity contribution in [2.45, 2.75) is 25.0 Å². The predicted octanol–water partition coefficient (Wildman–Crippen LogP) is 4.26. The molecule has 0 bridgehead atoms. The van der Waals surface area contributed by atoms with Crippen LogP contribution in [0.3, 0.4) is 0 Å². The Labute approximate surface area is 133 Å². The Balaban J connectivity index is 0.00000147. The molecule has 2 N–H and O–H groups in total. The molecule has 0 unspecified atom stereocenters. The maximum absolute atomic E-state index is 5.85. The zero-order chi connectivity index (χ0) is 13.2. The third-order valence-electron chi connectivity index (χ3n) is 3.44. The van der Waals surface area contributed by atoms with Crippen LogP contribution < -0.4 is 10.5 Å². The fourth-order valence-electron chi connectivity index (χ4n) is 2.20. The highest BCUT2D eigenvalue weighted by Crippen LogP contribution is 2.39. The standard InChI is InChI=1S/C16H16BrNO.ClH/c17-13-3-1-2-11(8-13)10-19-14-6-4-12(5-7-14)15-9-16(15)18;/h1-8,15-16H,9-10,18H2;1H/t15-,16+;/m0./s1. The molecule has 106 valence electrons. The van der Waals surface area contributed by atoms with E-state index in [1.807, 2.05) is 24.3 Å². The van der Waals surface area contributed by atoms with Gasteiger partial charge in [0.25, 0.3) is 0 Å². The molecule has 0 saturated heterocycles. The lowest BCUT2D eigenvalue weighted by Crippen LogP contribution is -2.01. The molecule has 0 heterocycles. The van der Waals surface area contributed by atoms with Crippen LogP contribution in [0.2, 0.25) is 0 Å². The van der Waals surface area contributed by atoms with E-state index in [2.05, 4.69) is 40.2 Å². The minimum absolute atomic E-state index is 0. The maximum Gasteiger partial charge on any atom is 0.119 e. The summed E-state index contributed by atoms with van der Waals surface area (Å²) in [5, 5.41) is 0. The second-order valence-electron chi connectivity index (χ2n) is 4.99. The molecule has 0 aromatic heterocycles. The van der Waals surface area contributed by atoms with Gasteiger partial charge in [-0.3, -0.25) is 0 Å². The number of hydrogen-bond donors (Lipinski definition) is 1. The SMILES string of the molecule is Cl.N[C@@H]1C[C@H]1c1ccc(OCc2cccc(Br)c2)cc1. The predicted molar refractivity (Wildman–Crippen MR) is 87.5 cm³/mol. The van der Waals surface area contributed by atoms with Crippen LogP contribution in [0.5, 0.6) is 5.75 Å². The third kappa shape index (κ3) is 3.75. The van der Waals surface area contributed by atoms with Gasteiger partial charge in [0, 0.05) is 16.4 Å². The average molecular weight is 355 g/mol. The van der Waals surface area contributed by atoms with Crippen LogP contribution in [0.15, 0.2) is 53.0 Å². The Bertz CT molecular complexity index is 573. The van der Waals surface area contributed by atoms with E-state index in [9.17, 15) is 0 Å². The van der Waals surface area contributed by atoms with Gasteiger partial charge in [0.2, 0.25) is 0 Å². The molecule has 0 spiro atoms. The van der Waals surface area contributed by atoms with E-state index in [1.54, 1.807) is 0 Å². The Kier molecular flexibility index (Phi) is 5.08. The largest absolute Gasteiger partial charge is 0.489 e. The fourth-order valence-corrected chi connectivity index (χ4v) is 2.65. The van der Waals surface area contributed by atoms with Gasteiger partial charge < -0.3 is 10.5 Å². The molecule has 2 atom stereocenters. The second-order valence-corrected chi connectivity index (χ2v) is 5.91. The zero-order valence-electron chi connectivity index (χ0n) is 11.0. The molecular formula is C16H17BrClNO. The third-order valence-corrected chi connectivity index (χ3v) is 3.94. The van der Waals surface area contributed by atoms with Crippen molar-refractivity contribution in [1.29, 1.82) is 0 Å². The average Bonchev–Trinajstić information content (AvgIpc) is 3.14. The van der Waals surface area contributed by atoms with Crippen LogP contribution in [0.1, 0.15) is 23.5 Å². The lowest BCUT2D eigenvalue weighted by Gasteiger charge is -2.07. The normalized spacial score (nSPS) is 20.1. The molecule has 0 radical (unpaired) electrons. The summed E-state index contributed by atoms with van der Waals surface area (Å²) in [6, 6.07) is 16.8.